The van der Waals surface area contributed by atoms with Crippen molar-refractivity contribution >= 4 is 29.4 Å². The number of anilines is 1. The van der Waals surface area contributed by atoms with E-state index in [0.717, 1.165) is 33.6 Å². The molecule has 42 heavy (non-hydrogen) atoms. The van der Waals surface area contributed by atoms with Gasteiger partial charge in [0, 0.05) is 29.9 Å². The molecule has 0 aliphatic carbocycles. The highest BCUT2D eigenvalue weighted by molar-refractivity contribution is 8.00. The lowest BCUT2D eigenvalue weighted by atomic mass is 9.87. The van der Waals surface area contributed by atoms with Crippen LogP contribution in [0.5, 0.6) is 11.5 Å². The van der Waals surface area contributed by atoms with E-state index in [1.54, 1.807) is 17.3 Å². The maximum absolute atomic E-state index is 13.9. The van der Waals surface area contributed by atoms with E-state index in [-0.39, 0.29) is 41.6 Å². The molecule has 0 fully saturated rings. The standard InChI is InChI=1S/C32H33N5O4S/c1-20-6-5-7-23(14-20)37-31-28(30(35-37)32(2,3)4)29(22-8-9-24-25(15-22)41-19-40-24)42-18-27(39)36(31)17-26(38)34-16-21-10-12-33-13-11-21/h5-15,29H,16-19H2,1-4H3,(H,34,38). The molecule has 2 aliphatic heterocycles. The van der Waals surface area contributed by atoms with Crippen LogP contribution in [-0.4, -0.2) is 45.7 Å². The van der Waals surface area contributed by atoms with E-state index in [0.29, 0.717) is 23.9 Å². The van der Waals surface area contributed by atoms with Crippen LogP contribution in [0.2, 0.25) is 0 Å². The zero-order chi connectivity index (χ0) is 29.4. The summed E-state index contributed by atoms with van der Waals surface area (Å²) >= 11 is 1.54. The summed E-state index contributed by atoms with van der Waals surface area (Å²) in [6, 6.07) is 17.6. The summed E-state index contributed by atoms with van der Waals surface area (Å²) in [5.41, 5.74) is 5.24. The third-order valence-corrected chi connectivity index (χ3v) is 8.54. The van der Waals surface area contributed by atoms with Gasteiger partial charge in [0.25, 0.3) is 0 Å². The fourth-order valence-corrected chi connectivity index (χ4v) is 6.44. The maximum Gasteiger partial charge on any atom is 0.240 e. The van der Waals surface area contributed by atoms with Crippen LogP contribution in [0.15, 0.2) is 67.0 Å². The monoisotopic (exact) mass is 583 g/mol. The van der Waals surface area contributed by atoms with Gasteiger partial charge in [0.2, 0.25) is 18.6 Å². The van der Waals surface area contributed by atoms with Crippen LogP contribution >= 0.6 is 11.8 Å². The Bertz CT molecular complexity index is 1650. The first-order valence-electron chi connectivity index (χ1n) is 13.9. The highest BCUT2D eigenvalue weighted by atomic mass is 32.2. The van der Waals surface area contributed by atoms with Gasteiger partial charge in [-0.2, -0.15) is 5.10 Å². The minimum absolute atomic E-state index is 0.133. The highest BCUT2D eigenvalue weighted by Crippen LogP contribution is 2.49. The molecule has 9 nitrogen and oxygen atoms in total. The molecule has 1 unspecified atom stereocenters. The average molecular weight is 584 g/mol. The number of pyridine rings is 1. The van der Waals surface area contributed by atoms with Gasteiger partial charge < -0.3 is 14.8 Å². The second-order valence-corrected chi connectivity index (χ2v) is 12.6. The van der Waals surface area contributed by atoms with Gasteiger partial charge in [0.1, 0.15) is 12.4 Å². The molecule has 6 rings (SSSR count). The molecule has 1 N–H and O–H groups in total. The molecule has 4 heterocycles. The number of benzene rings is 2. The molecule has 2 amide bonds. The number of carbonyl (C=O) groups is 2. The first kappa shape index (κ1) is 27.8. The number of fused-ring (bicyclic) bond motifs is 2. The fraction of sp³-hybridized carbons (Fsp3) is 0.312. The minimum Gasteiger partial charge on any atom is -0.454 e. The summed E-state index contributed by atoms with van der Waals surface area (Å²) in [5.74, 6) is 1.78. The van der Waals surface area contributed by atoms with E-state index in [9.17, 15) is 9.59 Å². The Hall–Kier alpha value is -4.31. The minimum atomic E-state index is -0.350. The number of amides is 2. The Balaban J connectivity index is 1.49. The van der Waals surface area contributed by atoms with Gasteiger partial charge in [0.05, 0.1) is 22.4 Å². The lowest BCUT2D eigenvalue weighted by Gasteiger charge is -2.24. The van der Waals surface area contributed by atoms with Crippen molar-refractivity contribution in [3.8, 4) is 17.2 Å². The molecule has 216 valence electrons. The molecule has 0 spiro atoms. The van der Waals surface area contributed by atoms with Gasteiger partial charge in [-0.25, -0.2) is 4.68 Å². The second kappa shape index (κ2) is 11.2. The SMILES string of the molecule is Cc1cccc(-n2nc(C(C)(C)C)c3c2N(CC(=O)NCc2ccncc2)C(=O)CSC3c2ccc3c(c2)OCO3)c1. The number of hydrogen-bond donors (Lipinski definition) is 1. The normalized spacial score (nSPS) is 16.2. The maximum atomic E-state index is 13.9. The molecule has 1 atom stereocenters. The van der Waals surface area contributed by atoms with Crippen LogP contribution in [-0.2, 0) is 21.5 Å². The highest BCUT2D eigenvalue weighted by Gasteiger charge is 2.40. The Kier molecular flexibility index (Phi) is 7.40. The van der Waals surface area contributed by atoms with Crippen LogP contribution in [0.3, 0.4) is 0 Å². The molecule has 2 aromatic carbocycles. The zero-order valence-corrected chi connectivity index (χ0v) is 24.9. The number of carbonyl (C=O) groups excluding carboxylic acids is 2. The number of hydrogen-bond acceptors (Lipinski definition) is 7. The molecule has 10 heteroatoms. The number of rotatable bonds is 6. The molecule has 2 aromatic heterocycles. The van der Waals surface area contributed by atoms with E-state index >= 15 is 0 Å². The van der Waals surface area contributed by atoms with Crippen LogP contribution in [0, 0.1) is 6.92 Å². The fourth-order valence-electron chi connectivity index (χ4n) is 5.25. The topological polar surface area (TPSA) is 98.6 Å². The number of ether oxygens (including phenoxy) is 2. The van der Waals surface area contributed by atoms with Crippen LogP contribution in [0.4, 0.5) is 5.82 Å². The molecule has 4 aromatic rings. The summed E-state index contributed by atoms with van der Waals surface area (Å²) in [5, 5.41) is 7.91. The van der Waals surface area contributed by atoms with Crippen molar-refractivity contribution in [2.24, 2.45) is 0 Å². The molecule has 0 saturated heterocycles. The van der Waals surface area contributed by atoms with Gasteiger partial charge in [-0.1, -0.05) is 39.0 Å². The summed E-state index contributed by atoms with van der Waals surface area (Å²) in [6.45, 7) is 8.78. The Morgan fingerprint density at radius 1 is 1.07 bits per heavy atom. The Labute approximate surface area is 249 Å². The molecular weight excluding hydrogens is 550 g/mol. The number of aromatic nitrogens is 3. The number of aryl methyl sites for hydroxylation is 1. The largest absolute Gasteiger partial charge is 0.454 e. The molecule has 0 saturated carbocycles. The van der Waals surface area contributed by atoms with Crippen molar-refractivity contribution in [2.45, 2.75) is 44.9 Å². The summed E-state index contributed by atoms with van der Waals surface area (Å²) < 4.78 is 13.1. The van der Waals surface area contributed by atoms with E-state index in [2.05, 4.69) is 31.1 Å². The number of thioether (sulfide) groups is 1. The van der Waals surface area contributed by atoms with Crippen molar-refractivity contribution in [2.75, 3.05) is 24.0 Å². The van der Waals surface area contributed by atoms with Gasteiger partial charge in [-0.15, -0.1) is 11.8 Å². The van der Waals surface area contributed by atoms with Gasteiger partial charge in [0.15, 0.2) is 11.5 Å². The smallest absolute Gasteiger partial charge is 0.240 e. The van der Waals surface area contributed by atoms with E-state index in [1.165, 1.54) is 11.8 Å². The van der Waals surface area contributed by atoms with E-state index < -0.39 is 0 Å². The molecular formula is C32H33N5O4S. The average Bonchev–Trinajstić information content (AvgIpc) is 3.57. The number of nitrogens with one attached hydrogen (secondary N) is 1. The van der Waals surface area contributed by atoms with Crippen LogP contribution in [0.25, 0.3) is 5.69 Å². The zero-order valence-electron chi connectivity index (χ0n) is 24.1. The van der Waals surface area contributed by atoms with Crippen LogP contribution in [0.1, 0.15) is 54.0 Å². The van der Waals surface area contributed by atoms with Crippen molar-refractivity contribution < 1.29 is 19.1 Å². The first-order valence-corrected chi connectivity index (χ1v) is 14.9. The van der Waals surface area contributed by atoms with E-state index in [4.69, 9.17) is 14.6 Å². The first-order chi connectivity index (χ1) is 20.2. The Morgan fingerprint density at radius 2 is 1.86 bits per heavy atom. The lowest BCUT2D eigenvalue weighted by molar-refractivity contribution is -0.123. The summed E-state index contributed by atoms with van der Waals surface area (Å²) in [4.78, 5) is 32.9. The predicted octanol–water partition coefficient (Wildman–Crippen LogP) is 5.09. The van der Waals surface area contributed by atoms with Crippen molar-refractivity contribution in [1.82, 2.24) is 20.1 Å². The predicted molar refractivity (Wildman–Crippen MR) is 162 cm³/mol. The van der Waals surface area contributed by atoms with Crippen molar-refractivity contribution in [1.29, 1.82) is 0 Å². The molecule has 2 aliphatic rings. The van der Waals surface area contributed by atoms with Gasteiger partial charge in [-0.3, -0.25) is 19.5 Å². The molecule has 0 radical (unpaired) electrons. The second-order valence-electron chi connectivity index (χ2n) is 11.5. The summed E-state index contributed by atoms with van der Waals surface area (Å²) in [6.07, 6.45) is 3.38. The quantitative estimate of drug-likeness (QED) is 0.338. The van der Waals surface area contributed by atoms with Crippen molar-refractivity contribution in [3.05, 3.63) is 94.9 Å². The third-order valence-electron chi connectivity index (χ3n) is 7.29. The number of nitrogens with zero attached hydrogens (tertiary/aromatic N) is 4. The lowest BCUT2D eigenvalue weighted by Crippen LogP contribution is -2.42. The third kappa shape index (κ3) is 5.46. The van der Waals surface area contributed by atoms with Gasteiger partial charge in [-0.05, 0) is 60.0 Å². The Morgan fingerprint density at radius 3 is 2.62 bits per heavy atom. The molecule has 0 bridgehead atoms. The van der Waals surface area contributed by atoms with Crippen molar-refractivity contribution in [3.63, 3.8) is 0 Å². The van der Waals surface area contributed by atoms with E-state index in [1.807, 2.05) is 66.2 Å². The van der Waals surface area contributed by atoms with Gasteiger partial charge >= 0.3 is 0 Å². The van der Waals surface area contributed by atoms with Crippen LogP contribution < -0.4 is 19.7 Å². The summed E-state index contributed by atoms with van der Waals surface area (Å²) in [7, 11) is 0.